The van der Waals surface area contributed by atoms with Crippen molar-refractivity contribution in [2.75, 3.05) is 6.61 Å². The van der Waals surface area contributed by atoms with Gasteiger partial charge in [-0.05, 0) is 36.8 Å². The smallest absolute Gasteiger partial charge is 0.349 e. The summed E-state index contributed by atoms with van der Waals surface area (Å²) in [5.41, 5.74) is 0.628. The van der Waals surface area contributed by atoms with Gasteiger partial charge in [-0.2, -0.15) is 0 Å². The van der Waals surface area contributed by atoms with Gasteiger partial charge in [0.2, 0.25) is 0 Å². The molecule has 0 spiro atoms. The summed E-state index contributed by atoms with van der Waals surface area (Å²) in [5.74, 6) is -0.661. The maximum atomic E-state index is 13.0. The fourth-order valence-corrected chi connectivity index (χ4v) is 2.23. The molecule has 0 N–H and O–H groups in total. The van der Waals surface area contributed by atoms with Crippen molar-refractivity contribution in [3.05, 3.63) is 70.3 Å². The van der Waals surface area contributed by atoms with Crippen LogP contribution >= 0.6 is 0 Å². The van der Waals surface area contributed by atoms with Gasteiger partial charge in [0, 0.05) is 23.6 Å². The minimum atomic E-state index is -0.659. The van der Waals surface area contributed by atoms with Crippen LogP contribution in [0.15, 0.2) is 57.7 Å². The Hall–Kier alpha value is -3.15. The fraction of sp³-hybridized carbons (Fsp3) is 0.111. The van der Waals surface area contributed by atoms with Crippen LogP contribution in [-0.4, -0.2) is 12.6 Å². The first-order valence-corrected chi connectivity index (χ1v) is 7.15. The van der Waals surface area contributed by atoms with Crippen molar-refractivity contribution in [2.24, 2.45) is 0 Å². The molecular weight excluding hydrogens is 315 g/mol. The van der Waals surface area contributed by atoms with Gasteiger partial charge in [-0.3, -0.25) is 0 Å². The van der Waals surface area contributed by atoms with Crippen molar-refractivity contribution in [1.82, 2.24) is 0 Å². The number of hydrogen-bond donors (Lipinski definition) is 0. The quantitative estimate of drug-likeness (QED) is 0.418. The Kier molecular flexibility index (Phi) is 4.29. The summed E-state index contributed by atoms with van der Waals surface area (Å²) in [7, 11) is 0. The molecular formula is C18H13FO5. The van der Waals surface area contributed by atoms with E-state index < -0.39 is 17.4 Å². The number of carbonyl (C=O) groups is 1. The average Bonchev–Trinajstić information content (AvgIpc) is 2.52. The van der Waals surface area contributed by atoms with Crippen LogP contribution in [0.4, 0.5) is 4.39 Å². The predicted molar refractivity (Wildman–Crippen MR) is 84.8 cm³/mol. The number of benzene rings is 2. The zero-order chi connectivity index (χ0) is 17.1. The minimum absolute atomic E-state index is 0.226. The lowest BCUT2D eigenvalue weighted by Crippen LogP contribution is -2.17. The molecule has 3 rings (SSSR count). The third kappa shape index (κ3) is 3.60. The summed E-state index contributed by atoms with van der Waals surface area (Å²) < 4.78 is 28.4. The van der Waals surface area contributed by atoms with Gasteiger partial charge in [0.15, 0.2) is 6.61 Å². The Morgan fingerprint density at radius 2 is 1.96 bits per heavy atom. The fourth-order valence-electron chi connectivity index (χ4n) is 2.23. The molecule has 0 amide bonds. The van der Waals surface area contributed by atoms with E-state index >= 15 is 0 Å². The van der Waals surface area contributed by atoms with Crippen LogP contribution in [0.2, 0.25) is 0 Å². The highest BCUT2D eigenvalue weighted by Gasteiger charge is 2.09. The number of halogens is 1. The second-order valence-corrected chi connectivity index (χ2v) is 5.13. The van der Waals surface area contributed by atoms with Crippen LogP contribution in [0.3, 0.4) is 0 Å². The molecule has 0 aliphatic rings. The summed E-state index contributed by atoms with van der Waals surface area (Å²) in [6, 6.07) is 11.6. The van der Waals surface area contributed by atoms with Crippen molar-refractivity contribution in [2.45, 2.75) is 6.92 Å². The summed E-state index contributed by atoms with van der Waals surface area (Å²) in [4.78, 5) is 23.2. The number of fused-ring (bicyclic) bond motifs is 1. The average molecular weight is 328 g/mol. The summed E-state index contributed by atoms with van der Waals surface area (Å²) >= 11 is 0. The highest BCUT2D eigenvalue weighted by molar-refractivity contribution is 5.82. The standard InChI is InChI=1S/C18H13FO5/c1-11-7-17(20)24-16-9-14(5-6-15(11)16)23-18(21)10-22-13-4-2-3-12(19)8-13/h2-9H,10H2,1H3. The minimum Gasteiger partial charge on any atom is -0.482 e. The van der Waals surface area contributed by atoms with Crippen LogP contribution < -0.4 is 15.1 Å². The molecule has 0 saturated carbocycles. The molecule has 1 aromatic heterocycles. The van der Waals surface area contributed by atoms with Gasteiger partial charge in [0.1, 0.15) is 22.9 Å². The predicted octanol–water partition coefficient (Wildman–Crippen LogP) is 3.22. The first-order valence-electron chi connectivity index (χ1n) is 7.15. The van der Waals surface area contributed by atoms with Gasteiger partial charge in [-0.1, -0.05) is 6.07 Å². The Morgan fingerprint density at radius 1 is 1.12 bits per heavy atom. The zero-order valence-corrected chi connectivity index (χ0v) is 12.7. The van der Waals surface area contributed by atoms with Gasteiger partial charge in [0.05, 0.1) is 0 Å². The van der Waals surface area contributed by atoms with E-state index in [-0.39, 0.29) is 18.1 Å². The summed E-state index contributed by atoms with van der Waals surface area (Å²) in [6.45, 7) is 1.41. The molecule has 0 fully saturated rings. The van der Waals surface area contributed by atoms with E-state index in [1.54, 1.807) is 19.1 Å². The molecule has 2 aromatic carbocycles. The molecule has 24 heavy (non-hydrogen) atoms. The first kappa shape index (κ1) is 15.7. The number of hydrogen-bond acceptors (Lipinski definition) is 5. The Balaban J connectivity index is 1.70. The molecule has 0 unspecified atom stereocenters. The van der Waals surface area contributed by atoms with Crippen molar-refractivity contribution in [3.8, 4) is 11.5 Å². The van der Waals surface area contributed by atoms with Gasteiger partial charge in [-0.25, -0.2) is 14.0 Å². The van der Waals surface area contributed by atoms with Crippen molar-refractivity contribution in [3.63, 3.8) is 0 Å². The van der Waals surface area contributed by atoms with E-state index in [1.165, 1.54) is 36.4 Å². The zero-order valence-electron chi connectivity index (χ0n) is 12.7. The monoisotopic (exact) mass is 328 g/mol. The van der Waals surface area contributed by atoms with E-state index in [1.807, 2.05) is 0 Å². The molecule has 0 radical (unpaired) electrons. The van der Waals surface area contributed by atoms with Gasteiger partial charge in [0.25, 0.3) is 0 Å². The maximum Gasteiger partial charge on any atom is 0.349 e. The highest BCUT2D eigenvalue weighted by Crippen LogP contribution is 2.22. The van der Waals surface area contributed by atoms with Crippen LogP contribution in [0.1, 0.15) is 5.56 Å². The van der Waals surface area contributed by atoms with Crippen LogP contribution in [-0.2, 0) is 4.79 Å². The van der Waals surface area contributed by atoms with Gasteiger partial charge in [-0.15, -0.1) is 0 Å². The topological polar surface area (TPSA) is 65.7 Å². The Labute approximate surface area is 136 Å². The molecule has 6 heteroatoms. The largest absolute Gasteiger partial charge is 0.482 e. The van der Waals surface area contributed by atoms with Crippen molar-refractivity contribution in [1.29, 1.82) is 0 Å². The molecule has 0 aliphatic carbocycles. The Bertz CT molecular complexity index is 961. The van der Waals surface area contributed by atoms with Gasteiger partial charge >= 0.3 is 11.6 Å². The molecule has 3 aromatic rings. The molecule has 0 atom stereocenters. The second-order valence-electron chi connectivity index (χ2n) is 5.13. The van der Waals surface area contributed by atoms with Gasteiger partial charge < -0.3 is 13.9 Å². The maximum absolute atomic E-state index is 13.0. The van der Waals surface area contributed by atoms with Crippen molar-refractivity contribution < 1.29 is 23.1 Å². The summed E-state index contributed by atoms with van der Waals surface area (Å²) in [5, 5.41) is 0.755. The van der Waals surface area contributed by atoms with E-state index in [9.17, 15) is 14.0 Å². The van der Waals surface area contributed by atoms with E-state index in [2.05, 4.69) is 0 Å². The third-order valence-electron chi connectivity index (χ3n) is 3.31. The highest BCUT2D eigenvalue weighted by atomic mass is 19.1. The number of esters is 1. The molecule has 0 aliphatic heterocycles. The lowest BCUT2D eigenvalue weighted by molar-refractivity contribution is -0.136. The summed E-state index contributed by atoms with van der Waals surface area (Å²) in [6.07, 6.45) is 0. The first-order chi connectivity index (χ1) is 11.5. The second kappa shape index (κ2) is 6.54. The van der Waals surface area contributed by atoms with Crippen LogP contribution in [0.25, 0.3) is 11.0 Å². The number of carbonyl (C=O) groups excluding carboxylic acids is 1. The molecule has 5 nitrogen and oxygen atoms in total. The third-order valence-corrected chi connectivity index (χ3v) is 3.31. The van der Waals surface area contributed by atoms with E-state index in [4.69, 9.17) is 13.9 Å². The van der Waals surface area contributed by atoms with Crippen LogP contribution in [0.5, 0.6) is 11.5 Å². The van der Waals surface area contributed by atoms with E-state index in [0.717, 1.165) is 10.9 Å². The SMILES string of the molecule is Cc1cc(=O)oc2cc(OC(=O)COc3cccc(F)c3)ccc12. The molecule has 0 bridgehead atoms. The molecule has 1 heterocycles. The van der Waals surface area contributed by atoms with Crippen molar-refractivity contribution >= 4 is 16.9 Å². The number of rotatable bonds is 4. The Morgan fingerprint density at radius 3 is 2.75 bits per heavy atom. The lowest BCUT2D eigenvalue weighted by atomic mass is 10.1. The number of aryl methyl sites for hydroxylation is 1. The molecule has 122 valence electrons. The lowest BCUT2D eigenvalue weighted by Gasteiger charge is -2.07. The molecule has 0 saturated heterocycles. The van der Waals surface area contributed by atoms with E-state index in [0.29, 0.717) is 5.58 Å². The number of ether oxygens (including phenoxy) is 2. The van der Waals surface area contributed by atoms with Crippen LogP contribution in [0, 0.1) is 12.7 Å². The normalized spacial score (nSPS) is 10.6.